The van der Waals surface area contributed by atoms with Gasteiger partial charge < -0.3 is 4.90 Å². The summed E-state index contributed by atoms with van der Waals surface area (Å²) in [6.07, 6.45) is 3.47. The molecule has 0 aromatic heterocycles. The lowest BCUT2D eigenvalue weighted by Crippen LogP contribution is -2.45. The van der Waals surface area contributed by atoms with Crippen LogP contribution in [-0.4, -0.2) is 55.3 Å². The van der Waals surface area contributed by atoms with Crippen LogP contribution in [0, 0.1) is 0 Å². The maximum Gasteiger partial charge on any atom is 0.247 e. The summed E-state index contributed by atoms with van der Waals surface area (Å²) < 4.78 is 0. The number of thiocarbonyl (C=S) groups is 1. The van der Waals surface area contributed by atoms with Crippen molar-refractivity contribution in [2.75, 3.05) is 20.3 Å². The van der Waals surface area contributed by atoms with Gasteiger partial charge in [-0.25, -0.2) is 5.06 Å². The van der Waals surface area contributed by atoms with E-state index in [9.17, 15) is 4.79 Å². The molecular formula is C12H24N2O2SSi. The van der Waals surface area contributed by atoms with Gasteiger partial charge in [0, 0.05) is 25.7 Å². The van der Waals surface area contributed by atoms with Crippen molar-refractivity contribution < 1.29 is 9.63 Å². The molecule has 6 heteroatoms. The van der Waals surface area contributed by atoms with Gasteiger partial charge in [-0.15, -0.1) is 0 Å². The quantitative estimate of drug-likeness (QED) is 0.440. The van der Waals surface area contributed by atoms with Crippen molar-refractivity contribution in [3.05, 3.63) is 0 Å². The molecule has 0 unspecified atom stereocenters. The Morgan fingerprint density at radius 3 is 2.67 bits per heavy atom. The third-order valence-corrected chi connectivity index (χ3v) is 4.86. The van der Waals surface area contributed by atoms with E-state index < -0.39 is 8.07 Å². The van der Waals surface area contributed by atoms with Crippen LogP contribution in [-0.2, 0) is 9.63 Å². The molecule has 4 nitrogen and oxygen atoms in total. The molecule has 0 aromatic carbocycles. The fraction of sp³-hybridized carbons (Fsp3) is 0.833. The zero-order chi connectivity index (χ0) is 13.9. The number of hydroxylamine groups is 2. The summed E-state index contributed by atoms with van der Waals surface area (Å²) in [6.45, 7) is 6.98. The first kappa shape index (κ1) is 15.6. The molecule has 104 valence electrons. The van der Waals surface area contributed by atoms with Gasteiger partial charge in [-0.2, -0.15) is 0 Å². The number of amides is 1. The Hall–Kier alpha value is -0.463. The normalized spacial score (nSPS) is 20.4. The Bertz CT molecular complexity index is 331. The summed E-state index contributed by atoms with van der Waals surface area (Å²) in [6, 6.07) is 0.259. The third kappa shape index (κ3) is 4.33. The van der Waals surface area contributed by atoms with E-state index in [0.717, 1.165) is 24.0 Å². The molecule has 1 saturated heterocycles. The molecule has 18 heavy (non-hydrogen) atoms. The number of likely N-dealkylation sites (tertiary alicyclic amines) is 1. The van der Waals surface area contributed by atoms with Crippen molar-refractivity contribution in [2.24, 2.45) is 0 Å². The molecule has 0 N–H and O–H groups in total. The van der Waals surface area contributed by atoms with Gasteiger partial charge in [0.25, 0.3) is 0 Å². The highest BCUT2D eigenvalue weighted by Crippen LogP contribution is 2.25. The van der Waals surface area contributed by atoms with E-state index in [1.807, 2.05) is 0 Å². The minimum atomic E-state index is -1.21. The van der Waals surface area contributed by atoms with Crippen molar-refractivity contribution in [2.45, 2.75) is 44.9 Å². The lowest BCUT2D eigenvalue weighted by atomic mass is 10.1. The van der Waals surface area contributed by atoms with Crippen LogP contribution in [0.2, 0.25) is 19.6 Å². The van der Waals surface area contributed by atoms with Gasteiger partial charge in [0.15, 0.2) is 0 Å². The Morgan fingerprint density at radius 2 is 2.17 bits per heavy atom. The van der Waals surface area contributed by atoms with E-state index in [2.05, 4.69) is 24.5 Å². The van der Waals surface area contributed by atoms with Crippen LogP contribution in [0.25, 0.3) is 0 Å². The number of nitrogens with zero attached hydrogens (tertiary/aromatic N) is 2. The average molecular weight is 288 g/mol. The smallest absolute Gasteiger partial charge is 0.247 e. The van der Waals surface area contributed by atoms with Crippen molar-refractivity contribution in [1.29, 1.82) is 0 Å². The lowest BCUT2D eigenvalue weighted by Gasteiger charge is -2.32. The third-order valence-electron chi connectivity index (χ3n) is 3.13. The lowest BCUT2D eigenvalue weighted by molar-refractivity contribution is -0.169. The highest BCUT2D eigenvalue weighted by atomic mass is 32.1. The molecule has 1 heterocycles. The van der Waals surface area contributed by atoms with E-state index >= 15 is 0 Å². The van der Waals surface area contributed by atoms with Gasteiger partial charge in [0.1, 0.15) is 0 Å². The number of hydrogen-bond donors (Lipinski definition) is 0. The second-order valence-corrected chi connectivity index (χ2v) is 12.0. The molecule has 1 fully saturated rings. The maximum atomic E-state index is 11.9. The van der Waals surface area contributed by atoms with E-state index in [1.54, 1.807) is 7.05 Å². The van der Waals surface area contributed by atoms with Crippen molar-refractivity contribution >= 4 is 31.2 Å². The van der Waals surface area contributed by atoms with Gasteiger partial charge in [-0.3, -0.25) is 9.63 Å². The predicted octanol–water partition coefficient (Wildman–Crippen LogP) is 2.07. The first-order valence-electron chi connectivity index (χ1n) is 6.35. The average Bonchev–Trinajstić information content (AvgIpc) is 2.58. The summed E-state index contributed by atoms with van der Waals surface area (Å²) in [7, 11) is 1.95. The van der Waals surface area contributed by atoms with E-state index in [1.165, 1.54) is 12.2 Å². The van der Waals surface area contributed by atoms with Crippen LogP contribution in [0.5, 0.6) is 0 Å². The van der Waals surface area contributed by atoms with Crippen molar-refractivity contribution in [3.8, 4) is 0 Å². The predicted molar refractivity (Wildman–Crippen MR) is 80.1 cm³/mol. The molecule has 1 atom stereocenters. The zero-order valence-electron chi connectivity index (χ0n) is 12.0. The molecule has 0 saturated carbocycles. The molecule has 0 bridgehead atoms. The molecule has 0 spiro atoms. The van der Waals surface area contributed by atoms with Crippen LogP contribution < -0.4 is 0 Å². The Morgan fingerprint density at radius 1 is 1.56 bits per heavy atom. The standard InChI is InChI=1S/C12H24N2O2SSi/c1-13(16-2)11(15)8-10-6-7-12(17)14(10)9-18(3,4)5/h10H,6-9H2,1-5H3/t10-/m0/s1. The van der Waals surface area contributed by atoms with E-state index in [0.29, 0.717) is 6.42 Å². The summed E-state index contributed by atoms with van der Waals surface area (Å²) in [4.78, 5) is 20.1. The molecular weight excluding hydrogens is 264 g/mol. The van der Waals surface area contributed by atoms with Crippen LogP contribution in [0.1, 0.15) is 19.3 Å². The Balaban J connectivity index is 2.64. The Labute approximate surface area is 116 Å². The maximum absolute atomic E-state index is 11.9. The Kier molecular flexibility index (Phi) is 5.30. The zero-order valence-corrected chi connectivity index (χ0v) is 13.8. The van der Waals surface area contributed by atoms with Crippen LogP contribution in [0.3, 0.4) is 0 Å². The topological polar surface area (TPSA) is 32.8 Å². The summed E-state index contributed by atoms with van der Waals surface area (Å²) in [5.74, 6) is 0.0211. The van der Waals surface area contributed by atoms with Crippen molar-refractivity contribution in [1.82, 2.24) is 9.96 Å². The molecule has 1 rings (SSSR count). The second-order valence-electron chi connectivity index (χ2n) is 6.05. The first-order valence-corrected chi connectivity index (χ1v) is 10.5. The fourth-order valence-electron chi connectivity index (χ4n) is 2.17. The van der Waals surface area contributed by atoms with Crippen LogP contribution in [0.15, 0.2) is 0 Å². The highest BCUT2D eigenvalue weighted by molar-refractivity contribution is 7.80. The number of carbonyl (C=O) groups excluding carboxylic acids is 1. The first-order chi connectivity index (χ1) is 8.24. The van der Waals surface area contributed by atoms with Gasteiger partial charge in [0.2, 0.25) is 5.91 Å². The van der Waals surface area contributed by atoms with E-state index in [4.69, 9.17) is 17.1 Å². The van der Waals surface area contributed by atoms with Gasteiger partial charge >= 0.3 is 0 Å². The minimum Gasteiger partial charge on any atom is -0.366 e. The molecule has 0 aromatic rings. The molecule has 1 aliphatic rings. The number of hydrogen-bond acceptors (Lipinski definition) is 3. The van der Waals surface area contributed by atoms with Crippen LogP contribution in [0.4, 0.5) is 0 Å². The SMILES string of the molecule is CON(C)C(=O)C[C@@H]1CCC(=S)N1C[Si](C)(C)C. The largest absolute Gasteiger partial charge is 0.366 e. The summed E-state index contributed by atoms with van der Waals surface area (Å²) in [5, 5.41) is 1.30. The summed E-state index contributed by atoms with van der Waals surface area (Å²) >= 11 is 5.42. The monoisotopic (exact) mass is 288 g/mol. The van der Waals surface area contributed by atoms with Gasteiger partial charge in [-0.05, 0) is 12.8 Å². The molecule has 0 aliphatic carbocycles. The molecule has 0 radical (unpaired) electrons. The summed E-state index contributed by atoms with van der Waals surface area (Å²) in [5.41, 5.74) is 0. The van der Waals surface area contributed by atoms with Gasteiger partial charge in [-0.1, -0.05) is 31.9 Å². The highest BCUT2D eigenvalue weighted by Gasteiger charge is 2.33. The minimum absolute atomic E-state index is 0.0211. The molecule has 1 aliphatic heterocycles. The van der Waals surface area contributed by atoms with Crippen LogP contribution >= 0.6 is 12.2 Å². The molecule has 1 amide bonds. The number of carbonyl (C=O) groups is 1. The van der Waals surface area contributed by atoms with Gasteiger partial charge in [0.05, 0.1) is 20.2 Å². The van der Waals surface area contributed by atoms with Crippen molar-refractivity contribution in [3.63, 3.8) is 0 Å². The van der Waals surface area contributed by atoms with E-state index in [-0.39, 0.29) is 11.9 Å². The fourth-order valence-corrected chi connectivity index (χ4v) is 4.08. The second kappa shape index (κ2) is 6.12. The number of rotatable bonds is 5.